The predicted molar refractivity (Wildman–Crippen MR) is 114 cm³/mol. The van der Waals surface area contributed by atoms with Crippen LogP contribution >= 0.6 is 0 Å². The van der Waals surface area contributed by atoms with E-state index in [2.05, 4.69) is 26.0 Å². The number of carbonyl (C=O) groups excluding carboxylic acids is 3. The number of benzene rings is 1. The maximum absolute atomic E-state index is 12.8. The van der Waals surface area contributed by atoms with E-state index < -0.39 is 5.91 Å². The molecule has 1 saturated carbocycles. The number of carbonyl (C=O) groups is 3. The molecular weight excluding hydrogens is 412 g/mol. The van der Waals surface area contributed by atoms with Gasteiger partial charge in [0.1, 0.15) is 17.1 Å². The van der Waals surface area contributed by atoms with Crippen molar-refractivity contribution in [2.75, 3.05) is 18.5 Å². The van der Waals surface area contributed by atoms with Gasteiger partial charge >= 0.3 is 0 Å². The Morgan fingerprint density at radius 1 is 1.16 bits per heavy atom. The Kier molecular flexibility index (Phi) is 5.18. The van der Waals surface area contributed by atoms with E-state index in [4.69, 9.17) is 4.74 Å². The lowest BCUT2D eigenvalue weighted by atomic mass is 9.85. The van der Waals surface area contributed by atoms with Gasteiger partial charge in [0.15, 0.2) is 12.3 Å². The Labute approximate surface area is 183 Å². The van der Waals surface area contributed by atoms with Crippen LogP contribution in [-0.2, 0) is 11.3 Å². The molecule has 10 nitrogen and oxygen atoms in total. The molecule has 3 heterocycles. The summed E-state index contributed by atoms with van der Waals surface area (Å²) >= 11 is 0. The molecule has 0 atom stereocenters. The van der Waals surface area contributed by atoms with Crippen molar-refractivity contribution in [1.29, 1.82) is 0 Å². The highest BCUT2D eigenvalue weighted by Gasteiger charge is 2.21. The highest BCUT2D eigenvalue weighted by Crippen LogP contribution is 2.28. The highest BCUT2D eigenvalue weighted by molar-refractivity contribution is 5.98. The van der Waals surface area contributed by atoms with Gasteiger partial charge in [-0.15, -0.1) is 0 Å². The normalized spacial score (nSPS) is 15.3. The van der Waals surface area contributed by atoms with Gasteiger partial charge in [-0.1, -0.05) is 12.5 Å². The van der Waals surface area contributed by atoms with Crippen molar-refractivity contribution in [3.05, 3.63) is 53.5 Å². The van der Waals surface area contributed by atoms with Crippen molar-refractivity contribution in [3.8, 4) is 5.75 Å². The molecule has 0 radical (unpaired) electrons. The molecule has 1 aliphatic carbocycles. The minimum absolute atomic E-state index is 0.0115. The van der Waals surface area contributed by atoms with Crippen molar-refractivity contribution in [3.63, 3.8) is 0 Å². The van der Waals surface area contributed by atoms with Crippen LogP contribution in [0, 0.1) is 5.92 Å². The summed E-state index contributed by atoms with van der Waals surface area (Å²) in [5.74, 6) is 0.181. The van der Waals surface area contributed by atoms with Crippen LogP contribution in [-0.4, -0.2) is 45.5 Å². The van der Waals surface area contributed by atoms with Crippen molar-refractivity contribution in [2.24, 2.45) is 5.92 Å². The number of fused-ring (bicyclic) bond motifs is 2. The Hall–Kier alpha value is -3.95. The first-order chi connectivity index (χ1) is 15.6. The van der Waals surface area contributed by atoms with Crippen LogP contribution in [0.15, 0.2) is 36.5 Å². The lowest BCUT2D eigenvalue weighted by molar-refractivity contribution is -0.118. The zero-order chi connectivity index (χ0) is 22.1. The number of nitrogens with zero attached hydrogens (tertiary/aromatic N) is 3. The molecule has 164 valence electrons. The topological polar surface area (TPSA) is 127 Å². The summed E-state index contributed by atoms with van der Waals surface area (Å²) in [6.45, 7) is 0.823. The SMILES string of the molecule is O=C1COc2ccc(CNC(=O)c3cc(C(=O)NCC4CCC4)n4nccc4n3)cc2N1. The van der Waals surface area contributed by atoms with Gasteiger partial charge in [-0.2, -0.15) is 5.10 Å². The van der Waals surface area contributed by atoms with Crippen LogP contribution in [0.4, 0.5) is 5.69 Å². The van der Waals surface area contributed by atoms with E-state index in [1.165, 1.54) is 23.2 Å². The van der Waals surface area contributed by atoms with Crippen LogP contribution in [0.1, 0.15) is 45.8 Å². The summed E-state index contributed by atoms with van der Waals surface area (Å²) in [4.78, 5) is 41.4. The maximum atomic E-state index is 12.8. The van der Waals surface area contributed by atoms with Gasteiger partial charge in [-0.05, 0) is 36.5 Å². The third kappa shape index (κ3) is 3.98. The van der Waals surface area contributed by atoms with E-state index in [0.717, 1.165) is 18.4 Å². The van der Waals surface area contributed by atoms with Crippen LogP contribution in [0.5, 0.6) is 5.75 Å². The van der Waals surface area contributed by atoms with Crippen LogP contribution < -0.4 is 20.7 Å². The van der Waals surface area contributed by atoms with Crippen molar-refractivity contribution in [1.82, 2.24) is 25.2 Å². The summed E-state index contributed by atoms with van der Waals surface area (Å²) in [5.41, 5.74) is 2.16. The number of hydrogen-bond acceptors (Lipinski definition) is 6. The Balaban J connectivity index is 1.30. The van der Waals surface area contributed by atoms with E-state index in [1.807, 2.05) is 6.07 Å². The standard InChI is InChI=1S/C22H22N6O4/c29-20-12-32-18-5-4-14(8-15(18)27-20)11-23-21(30)16-9-17(28-19(26-16)6-7-25-28)22(31)24-10-13-2-1-3-13/h4-9,13H,1-3,10-12H2,(H,23,30)(H,24,31)(H,27,29). The molecule has 2 aliphatic rings. The summed E-state index contributed by atoms with van der Waals surface area (Å²) < 4.78 is 6.77. The minimum Gasteiger partial charge on any atom is -0.482 e. The molecule has 32 heavy (non-hydrogen) atoms. The van der Waals surface area contributed by atoms with Gasteiger partial charge in [0.2, 0.25) is 0 Å². The molecule has 5 rings (SSSR count). The first-order valence-electron chi connectivity index (χ1n) is 10.5. The second kappa shape index (κ2) is 8.29. The maximum Gasteiger partial charge on any atom is 0.270 e. The Bertz CT molecular complexity index is 1220. The van der Waals surface area contributed by atoms with Crippen LogP contribution in [0.25, 0.3) is 5.65 Å². The molecule has 3 N–H and O–H groups in total. The molecule has 0 saturated heterocycles. The molecule has 1 aromatic carbocycles. The number of ether oxygens (including phenoxy) is 1. The fourth-order valence-corrected chi connectivity index (χ4v) is 3.73. The fourth-order valence-electron chi connectivity index (χ4n) is 3.73. The number of aromatic nitrogens is 3. The lowest BCUT2D eigenvalue weighted by Crippen LogP contribution is -2.34. The second-order valence-corrected chi connectivity index (χ2v) is 7.98. The van der Waals surface area contributed by atoms with Gasteiger partial charge in [0.05, 0.1) is 11.9 Å². The summed E-state index contributed by atoms with van der Waals surface area (Å²) in [5, 5.41) is 12.6. The van der Waals surface area contributed by atoms with Gasteiger partial charge in [0, 0.05) is 25.2 Å². The van der Waals surface area contributed by atoms with Crippen LogP contribution in [0.2, 0.25) is 0 Å². The zero-order valence-electron chi connectivity index (χ0n) is 17.3. The van der Waals surface area contributed by atoms with Gasteiger partial charge in [-0.3, -0.25) is 14.4 Å². The molecule has 1 fully saturated rings. The lowest BCUT2D eigenvalue weighted by Gasteiger charge is -2.25. The average Bonchev–Trinajstić information content (AvgIpc) is 3.24. The molecule has 0 unspecified atom stereocenters. The first kappa shape index (κ1) is 20.0. The summed E-state index contributed by atoms with van der Waals surface area (Å²) in [6, 6.07) is 8.40. The van der Waals surface area contributed by atoms with E-state index in [-0.39, 0.29) is 36.4 Å². The predicted octanol–water partition coefficient (Wildman–Crippen LogP) is 1.52. The second-order valence-electron chi connectivity index (χ2n) is 7.98. The Morgan fingerprint density at radius 3 is 2.84 bits per heavy atom. The molecule has 2 aromatic heterocycles. The largest absolute Gasteiger partial charge is 0.482 e. The number of hydrogen-bond donors (Lipinski definition) is 3. The fraction of sp³-hybridized carbons (Fsp3) is 0.318. The highest BCUT2D eigenvalue weighted by atomic mass is 16.5. The monoisotopic (exact) mass is 434 g/mol. The van der Waals surface area contributed by atoms with Crippen LogP contribution in [0.3, 0.4) is 0 Å². The third-order valence-corrected chi connectivity index (χ3v) is 5.73. The number of amides is 3. The third-order valence-electron chi connectivity index (χ3n) is 5.73. The van der Waals surface area contributed by atoms with E-state index in [1.54, 1.807) is 18.2 Å². The van der Waals surface area contributed by atoms with Crippen molar-refractivity contribution >= 4 is 29.1 Å². The van der Waals surface area contributed by atoms with E-state index >= 15 is 0 Å². The molecule has 1 aliphatic heterocycles. The first-order valence-corrected chi connectivity index (χ1v) is 10.5. The van der Waals surface area contributed by atoms with E-state index in [9.17, 15) is 14.4 Å². The summed E-state index contributed by atoms with van der Waals surface area (Å²) in [7, 11) is 0. The quantitative estimate of drug-likeness (QED) is 0.540. The van der Waals surface area contributed by atoms with Gasteiger partial charge in [0.25, 0.3) is 17.7 Å². The average molecular weight is 434 g/mol. The smallest absolute Gasteiger partial charge is 0.270 e. The number of rotatable bonds is 6. The summed E-state index contributed by atoms with van der Waals surface area (Å²) in [6.07, 6.45) is 4.99. The zero-order valence-corrected chi connectivity index (χ0v) is 17.3. The van der Waals surface area contributed by atoms with Gasteiger partial charge < -0.3 is 20.7 Å². The molecule has 0 spiro atoms. The van der Waals surface area contributed by atoms with Crippen molar-refractivity contribution < 1.29 is 19.1 Å². The number of nitrogens with one attached hydrogen (secondary N) is 3. The molecule has 3 amide bonds. The minimum atomic E-state index is -0.417. The van der Waals surface area contributed by atoms with E-state index in [0.29, 0.717) is 29.5 Å². The molecular formula is C22H22N6O4. The van der Waals surface area contributed by atoms with Crippen molar-refractivity contribution in [2.45, 2.75) is 25.8 Å². The Morgan fingerprint density at radius 2 is 2.03 bits per heavy atom. The molecule has 0 bridgehead atoms. The van der Waals surface area contributed by atoms with Gasteiger partial charge in [-0.25, -0.2) is 9.50 Å². The molecule has 3 aromatic rings. The number of anilines is 1. The molecule has 10 heteroatoms.